The van der Waals surface area contributed by atoms with E-state index in [0.29, 0.717) is 30.0 Å². The topological polar surface area (TPSA) is 119 Å². The van der Waals surface area contributed by atoms with Crippen LogP contribution in [0.4, 0.5) is 29.5 Å². The van der Waals surface area contributed by atoms with Gasteiger partial charge in [0.1, 0.15) is 6.33 Å². The van der Waals surface area contributed by atoms with Gasteiger partial charge in [0, 0.05) is 37.0 Å². The number of nitrogens with two attached hydrogens (primary N) is 1. The molecule has 0 bridgehead atoms. The molecule has 0 radical (unpaired) electrons. The predicted molar refractivity (Wildman–Crippen MR) is 122 cm³/mol. The first kappa shape index (κ1) is 22.6. The zero-order chi connectivity index (χ0) is 24.7. The van der Waals surface area contributed by atoms with Crippen LogP contribution in [0, 0.1) is 12.8 Å². The lowest BCUT2D eigenvalue weighted by atomic mass is 10.1. The van der Waals surface area contributed by atoms with Gasteiger partial charge in [0.2, 0.25) is 0 Å². The highest BCUT2D eigenvalue weighted by molar-refractivity contribution is 5.90. The van der Waals surface area contributed by atoms with Gasteiger partial charge in [-0.2, -0.15) is 23.4 Å². The van der Waals surface area contributed by atoms with Crippen molar-refractivity contribution in [3.05, 3.63) is 48.7 Å². The highest BCUT2D eigenvalue weighted by Gasteiger charge is 2.36. The molecule has 1 atom stereocenters. The first-order valence-electron chi connectivity index (χ1n) is 10.9. The molecule has 4 aromatic rings. The lowest BCUT2D eigenvalue weighted by Gasteiger charge is -2.18. The van der Waals surface area contributed by atoms with Gasteiger partial charge in [-0.1, -0.05) is 6.07 Å². The number of aryl methyl sites for hydroxylation is 1. The summed E-state index contributed by atoms with van der Waals surface area (Å²) < 4.78 is 41.2. The third kappa shape index (κ3) is 4.61. The number of rotatable bonds is 4. The molecule has 3 aromatic heterocycles. The Morgan fingerprint density at radius 3 is 2.86 bits per heavy atom. The molecule has 182 valence electrons. The molecule has 13 heteroatoms. The molecule has 0 spiro atoms. The van der Waals surface area contributed by atoms with Crippen LogP contribution >= 0.6 is 0 Å². The predicted octanol–water partition coefficient (Wildman–Crippen LogP) is 3.67. The van der Waals surface area contributed by atoms with Crippen LogP contribution < -0.4 is 11.1 Å². The molecular weight excluding hydrogens is 463 g/mol. The van der Waals surface area contributed by atoms with Gasteiger partial charge in [-0.05, 0) is 37.0 Å². The van der Waals surface area contributed by atoms with E-state index in [1.165, 1.54) is 11.2 Å². The van der Waals surface area contributed by atoms with Crippen LogP contribution in [0.2, 0.25) is 0 Å². The number of nitrogens with one attached hydrogen (secondary N) is 1. The smallest absolute Gasteiger partial charge is 0.381 e. The Kier molecular flexibility index (Phi) is 5.53. The van der Waals surface area contributed by atoms with Crippen LogP contribution in [0.3, 0.4) is 0 Å². The largest absolute Gasteiger partial charge is 0.389 e. The van der Waals surface area contributed by atoms with Gasteiger partial charge in [-0.15, -0.1) is 0 Å². The van der Waals surface area contributed by atoms with Crippen molar-refractivity contribution in [1.82, 2.24) is 34.3 Å². The molecule has 4 heterocycles. The first-order chi connectivity index (χ1) is 16.7. The first-order valence-corrected chi connectivity index (χ1v) is 10.9. The fraction of sp³-hybridized carbons (Fsp3) is 0.318. The van der Waals surface area contributed by atoms with Crippen molar-refractivity contribution in [2.45, 2.75) is 25.9 Å². The van der Waals surface area contributed by atoms with Gasteiger partial charge >= 0.3 is 12.2 Å². The van der Waals surface area contributed by atoms with Gasteiger partial charge in [0.15, 0.2) is 11.5 Å². The maximum atomic E-state index is 12.7. The fourth-order valence-electron chi connectivity index (χ4n) is 4.27. The number of aromatic nitrogens is 6. The SMILES string of the molecule is Cc1ccc(NC(=O)N2CCC(CC(F)(F)F)C2)cc1-n1cc(-c2cnc3c(N)ncnn23)cn1. The number of anilines is 2. The Morgan fingerprint density at radius 1 is 1.23 bits per heavy atom. The minimum Gasteiger partial charge on any atom is -0.381 e. The van der Waals surface area contributed by atoms with Crippen molar-refractivity contribution >= 4 is 23.2 Å². The Bertz CT molecular complexity index is 1390. The average Bonchev–Trinajstić information content (AvgIpc) is 3.53. The Morgan fingerprint density at radius 2 is 2.06 bits per heavy atom. The number of carbonyl (C=O) groups excluding carboxylic acids is 1. The molecular formula is C22H22F3N9O. The van der Waals surface area contributed by atoms with Crippen molar-refractivity contribution in [2.75, 3.05) is 24.1 Å². The van der Waals surface area contributed by atoms with Crippen molar-refractivity contribution in [3.8, 4) is 16.9 Å². The number of nitrogen functional groups attached to an aromatic ring is 1. The molecule has 10 nitrogen and oxygen atoms in total. The van der Waals surface area contributed by atoms with E-state index in [2.05, 4.69) is 25.5 Å². The standard InChI is InChI=1S/C22H22F3N9O/c1-13-2-3-16(31-21(35)32-5-4-14(10-32)7-22(23,24)25)6-17(13)33-11-15(8-29-33)18-9-27-20-19(26)28-12-30-34(18)20/h2-3,6,8-9,11-12,14H,4-5,7,10H2,1H3,(H,31,35)(H2,26,28,30). The normalized spacial score (nSPS) is 16.2. The van der Waals surface area contributed by atoms with E-state index in [-0.39, 0.29) is 12.4 Å². The summed E-state index contributed by atoms with van der Waals surface area (Å²) in [7, 11) is 0. The number of urea groups is 1. The number of benzene rings is 1. The third-order valence-corrected chi connectivity index (χ3v) is 6.01. The van der Waals surface area contributed by atoms with Crippen molar-refractivity contribution in [2.24, 2.45) is 5.92 Å². The van der Waals surface area contributed by atoms with Crippen LogP contribution in [0.25, 0.3) is 22.6 Å². The van der Waals surface area contributed by atoms with Crippen molar-refractivity contribution in [3.63, 3.8) is 0 Å². The number of halogens is 3. The summed E-state index contributed by atoms with van der Waals surface area (Å²) in [4.78, 5) is 22.3. The van der Waals surface area contributed by atoms with E-state index in [1.54, 1.807) is 39.9 Å². The number of hydrogen-bond donors (Lipinski definition) is 2. The minimum absolute atomic E-state index is 0.0833. The van der Waals surface area contributed by atoms with Crippen LogP contribution in [-0.4, -0.2) is 59.6 Å². The van der Waals surface area contributed by atoms with E-state index in [1.807, 2.05) is 13.0 Å². The second-order valence-corrected chi connectivity index (χ2v) is 8.55. The van der Waals surface area contributed by atoms with E-state index in [9.17, 15) is 18.0 Å². The van der Waals surface area contributed by atoms with E-state index < -0.39 is 24.5 Å². The molecule has 5 rings (SSSR count). The second-order valence-electron chi connectivity index (χ2n) is 8.55. The number of imidazole rings is 1. The molecule has 1 unspecified atom stereocenters. The highest BCUT2D eigenvalue weighted by atomic mass is 19.4. The lowest BCUT2D eigenvalue weighted by molar-refractivity contribution is -0.143. The summed E-state index contributed by atoms with van der Waals surface area (Å²) in [5, 5.41) is 11.4. The molecule has 2 amide bonds. The highest BCUT2D eigenvalue weighted by Crippen LogP contribution is 2.31. The molecule has 1 aliphatic heterocycles. The lowest BCUT2D eigenvalue weighted by Crippen LogP contribution is -2.33. The number of nitrogens with zero attached hydrogens (tertiary/aromatic N) is 7. The summed E-state index contributed by atoms with van der Waals surface area (Å²) in [6.45, 7) is 2.29. The number of amides is 2. The van der Waals surface area contributed by atoms with Gasteiger partial charge in [-0.3, -0.25) is 0 Å². The molecule has 1 aliphatic rings. The molecule has 1 fully saturated rings. The number of fused-ring (bicyclic) bond motifs is 1. The maximum absolute atomic E-state index is 12.7. The molecule has 3 N–H and O–H groups in total. The van der Waals surface area contributed by atoms with Crippen molar-refractivity contribution in [1.29, 1.82) is 0 Å². The zero-order valence-electron chi connectivity index (χ0n) is 18.7. The average molecular weight is 485 g/mol. The van der Waals surface area contributed by atoms with Gasteiger partial charge in [-0.25, -0.2) is 24.0 Å². The second kappa shape index (κ2) is 8.56. The molecule has 0 aliphatic carbocycles. The van der Waals surface area contributed by atoms with Crippen LogP contribution in [0.5, 0.6) is 0 Å². The van der Waals surface area contributed by atoms with E-state index >= 15 is 0 Å². The van der Waals surface area contributed by atoms with Crippen molar-refractivity contribution < 1.29 is 18.0 Å². The summed E-state index contributed by atoms with van der Waals surface area (Å²) in [6.07, 6.45) is 1.68. The summed E-state index contributed by atoms with van der Waals surface area (Å²) in [5.41, 5.74) is 9.89. The van der Waals surface area contributed by atoms with Crippen LogP contribution in [0.15, 0.2) is 43.1 Å². The van der Waals surface area contributed by atoms with Crippen LogP contribution in [-0.2, 0) is 0 Å². The summed E-state index contributed by atoms with van der Waals surface area (Å²) in [5.74, 6) is -0.308. The van der Waals surface area contributed by atoms with E-state index in [0.717, 1.165) is 16.8 Å². The van der Waals surface area contributed by atoms with Gasteiger partial charge in [0.25, 0.3) is 0 Å². The molecule has 1 saturated heterocycles. The number of alkyl halides is 3. The van der Waals surface area contributed by atoms with Gasteiger partial charge in [0.05, 0.1) is 23.8 Å². The van der Waals surface area contributed by atoms with Crippen LogP contribution in [0.1, 0.15) is 18.4 Å². The fourth-order valence-corrected chi connectivity index (χ4v) is 4.27. The monoisotopic (exact) mass is 485 g/mol. The summed E-state index contributed by atoms with van der Waals surface area (Å²) >= 11 is 0. The number of hydrogen-bond acceptors (Lipinski definition) is 6. The molecule has 0 saturated carbocycles. The Balaban J connectivity index is 1.34. The zero-order valence-corrected chi connectivity index (χ0v) is 18.7. The van der Waals surface area contributed by atoms with E-state index in [4.69, 9.17) is 5.73 Å². The molecule has 35 heavy (non-hydrogen) atoms. The summed E-state index contributed by atoms with van der Waals surface area (Å²) in [6, 6.07) is 4.93. The number of likely N-dealkylation sites (tertiary alicyclic amines) is 1. The van der Waals surface area contributed by atoms with Gasteiger partial charge < -0.3 is 16.0 Å². The molecule has 1 aromatic carbocycles. The minimum atomic E-state index is -4.23. The maximum Gasteiger partial charge on any atom is 0.389 e. The Labute approximate surface area is 197 Å². The number of carbonyl (C=O) groups is 1. The Hall–Kier alpha value is -4.16. The third-order valence-electron chi connectivity index (χ3n) is 6.01. The quantitative estimate of drug-likeness (QED) is 0.455.